The first kappa shape index (κ1) is 16.7. The smallest absolute Gasteiger partial charge is 0.206 e. The number of nitrogen functional groups attached to an aromatic ring is 1. The molecular formula is C18H21NO4. The quantitative estimate of drug-likeness (QED) is 0.627. The Morgan fingerprint density at radius 2 is 1.70 bits per heavy atom. The topological polar surface area (TPSA) is 70.8 Å². The Hall–Kier alpha value is -2.69. The summed E-state index contributed by atoms with van der Waals surface area (Å²) in [6, 6.07) is 12.1. The van der Waals surface area contributed by atoms with Crippen LogP contribution in [0.5, 0.6) is 17.2 Å². The van der Waals surface area contributed by atoms with Crippen molar-refractivity contribution in [2.24, 2.45) is 0 Å². The van der Waals surface area contributed by atoms with E-state index in [1.54, 1.807) is 49.6 Å². The average Bonchev–Trinajstić information content (AvgIpc) is 2.60. The highest BCUT2D eigenvalue weighted by atomic mass is 16.5. The van der Waals surface area contributed by atoms with E-state index in [0.29, 0.717) is 34.9 Å². The Kier molecular flexibility index (Phi) is 5.46. The maximum absolute atomic E-state index is 12.8. The molecule has 0 fully saturated rings. The van der Waals surface area contributed by atoms with E-state index >= 15 is 0 Å². The maximum Gasteiger partial charge on any atom is 0.206 e. The molecule has 2 N–H and O–H groups in total. The van der Waals surface area contributed by atoms with Crippen LogP contribution in [0, 0.1) is 0 Å². The lowest BCUT2D eigenvalue weighted by molar-refractivity contribution is 0.0783. The summed E-state index contributed by atoms with van der Waals surface area (Å²) in [6.07, 6.45) is -0.0563. The zero-order valence-corrected chi connectivity index (χ0v) is 13.5. The summed E-state index contributed by atoms with van der Waals surface area (Å²) in [7, 11) is 3.09. The highest BCUT2D eigenvalue weighted by molar-refractivity contribution is 6.02. The first-order valence-corrected chi connectivity index (χ1v) is 7.37. The van der Waals surface area contributed by atoms with E-state index in [-0.39, 0.29) is 5.78 Å². The molecule has 2 rings (SSSR count). The lowest BCUT2D eigenvalue weighted by atomic mass is 10.0. The third-order valence-electron chi connectivity index (χ3n) is 3.50. The molecule has 23 heavy (non-hydrogen) atoms. The molecule has 0 bridgehead atoms. The average molecular weight is 315 g/mol. The lowest BCUT2D eigenvalue weighted by Crippen LogP contribution is -2.27. The van der Waals surface area contributed by atoms with Gasteiger partial charge in [-0.3, -0.25) is 4.79 Å². The Labute approximate surface area is 136 Å². The molecule has 0 spiro atoms. The van der Waals surface area contributed by atoms with Crippen LogP contribution in [0.4, 0.5) is 5.69 Å². The monoisotopic (exact) mass is 315 g/mol. The van der Waals surface area contributed by atoms with Gasteiger partial charge in [0, 0.05) is 11.8 Å². The molecule has 122 valence electrons. The molecule has 2 aromatic rings. The van der Waals surface area contributed by atoms with E-state index < -0.39 is 6.10 Å². The largest absolute Gasteiger partial charge is 0.497 e. The van der Waals surface area contributed by atoms with Gasteiger partial charge in [0.1, 0.15) is 17.2 Å². The van der Waals surface area contributed by atoms with Crippen molar-refractivity contribution in [3.05, 3.63) is 48.0 Å². The van der Waals surface area contributed by atoms with Gasteiger partial charge in [0.2, 0.25) is 5.78 Å². The number of ether oxygens (including phenoxy) is 3. The SMILES string of the molecule is CCC(Oc1ccc(N)cc1)C(=O)c1ccc(OC)cc1OC. The van der Waals surface area contributed by atoms with Crippen LogP contribution >= 0.6 is 0 Å². The fraction of sp³-hybridized carbons (Fsp3) is 0.278. The van der Waals surface area contributed by atoms with Gasteiger partial charge in [-0.25, -0.2) is 0 Å². The molecule has 1 atom stereocenters. The van der Waals surface area contributed by atoms with Crippen molar-refractivity contribution in [1.82, 2.24) is 0 Å². The Morgan fingerprint density at radius 3 is 2.26 bits per heavy atom. The summed E-state index contributed by atoms with van der Waals surface area (Å²) in [5.74, 6) is 1.57. The van der Waals surface area contributed by atoms with Gasteiger partial charge in [-0.05, 0) is 42.8 Å². The van der Waals surface area contributed by atoms with Crippen molar-refractivity contribution in [3.63, 3.8) is 0 Å². The number of nitrogens with two attached hydrogens (primary N) is 1. The van der Waals surface area contributed by atoms with Crippen molar-refractivity contribution in [2.45, 2.75) is 19.4 Å². The minimum absolute atomic E-state index is 0.135. The number of carbonyl (C=O) groups is 1. The third kappa shape index (κ3) is 3.94. The van der Waals surface area contributed by atoms with E-state index in [2.05, 4.69) is 0 Å². The molecule has 0 aliphatic rings. The number of benzene rings is 2. The molecule has 2 aromatic carbocycles. The van der Waals surface area contributed by atoms with Crippen molar-refractivity contribution >= 4 is 11.5 Å². The number of hydrogen-bond donors (Lipinski definition) is 1. The summed E-state index contributed by atoms with van der Waals surface area (Å²) in [4.78, 5) is 12.8. The number of methoxy groups -OCH3 is 2. The highest BCUT2D eigenvalue weighted by Crippen LogP contribution is 2.27. The highest BCUT2D eigenvalue weighted by Gasteiger charge is 2.23. The lowest BCUT2D eigenvalue weighted by Gasteiger charge is -2.18. The van der Waals surface area contributed by atoms with E-state index in [1.807, 2.05) is 6.92 Å². The van der Waals surface area contributed by atoms with Crippen molar-refractivity contribution < 1.29 is 19.0 Å². The maximum atomic E-state index is 12.8. The van der Waals surface area contributed by atoms with Gasteiger partial charge in [-0.15, -0.1) is 0 Å². The number of anilines is 1. The van der Waals surface area contributed by atoms with Crippen LogP contribution in [0.25, 0.3) is 0 Å². The van der Waals surface area contributed by atoms with Gasteiger partial charge in [-0.1, -0.05) is 6.92 Å². The number of Topliss-reactive ketones (excluding diaryl/α,β-unsaturated/α-hetero) is 1. The minimum Gasteiger partial charge on any atom is -0.497 e. The van der Waals surface area contributed by atoms with Crippen LogP contribution in [-0.2, 0) is 0 Å². The number of hydrogen-bond acceptors (Lipinski definition) is 5. The van der Waals surface area contributed by atoms with Crippen LogP contribution in [0.3, 0.4) is 0 Å². The van der Waals surface area contributed by atoms with Crippen molar-refractivity contribution in [1.29, 1.82) is 0 Å². The second-order valence-electron chi connectivity index (χ2n) is 5.01. The molecule has 0 radical (unpaired) electrons. The molecule has 5 nitrogen and oxygen atoms in total. The van der Waals surface area contributed by atoms with E-state index in [0.717, 1.165) is 0 Å². The molecule has 0 aliphatic heterocycles. The van der Waals surface area contributed by atoms with Gasteiger partial charge >= 0.3 is 0 Å². The van der Waals surface area contributed by atoms with Gasteiger partial charge in [-0.2, -0.15) is 0 Å². The predicted octanol–water partition coefficient (Wildman–Crippen LogP) is 3.33. The molecule has 0 aliphatic carbocycles. The fourth-order valence-corrected chi connectivity index (χ4v) is 2.21. The summed E-state index contributed by atoms with van der Waals surface area (Å²) >= 11 is 0. The summed E-state index contributed by atoms with van der Waals surface area (Å²) in [5, 5.41) is 0. The van der Waals surface area contributed by atoms with Crippen LogP contribution in [0.1, 0.15) is 23.7 Å². The molecule has 5 heteroatoms. The van der Waals surface area contributed by atoms with Gasteiger partial charge in [0.25, 0.3) is 0 Å². The predicted molar refractivity (Wildman–Crippen MR) is 89.4 cm³/mol. The summed E-state index contributed by atoms with van der Waals surface area (Å²) in [5.41, 5.74) is 6.77. The second-order valence-corrected chi connectivity index (χ2v) is 5.01. The van der Waals surface area contributed by atoms with Gasteiger partial charge in [0.15, 0.2) is 6.10 Å². The number of ketones is 1. The molecule has 1 unspecified atom stereocenters. The first-order valence-electron chi connectivity index (χ1n) is 7.37. The zero-order chi connectivity index (χ0) is 16.8. The minimum atomic E-state index is -0.596. The molecule has 0 amide bonds. The van der Waals surface area contributed by atoms with Crippen LogP contribution in [-0.4, -0.2) is 26.1 Å². The summed E-state index contributed by atoms with van der Waals surface area (Å²) < 4.78 is 16.2. The van der Waals surface area contributed by atoms with Crippen molar-refractivity contribution in [2.75, 3.05) is 20.0 Å². The Balaban J connectivity index is 2.24. The number of rotatable bonds is 7. The summed E-state index contributed by atoms with van der Waals surface area (Å²) in [6.45, 7) is 1.90. The van der Waals surface area contributed by atoms with E-state index in [9.17, 15) is 4.79 Å². The van der Waals surface area contributed by atoms with Gasteiger partial charge < -0.3 is 19.9 Å². The zero-order valence-electron chi connectivity index (χ0n) is 13.5. The third-order valence-corrected chi connectivity index (χ3v) is 3.50. The Bertz CT molecular complexity index is 667. The van der Waals surface area contributed by atoms with Crippen LogP contribution in [0.2, 0.25) is 0 Å². The molecule has 0 saturated heterocycles. The molecule has 0 saturated carbocycles. The standard InChI is InChI=1S/C18H21NO4/c1-4-16(23-13-7-5-12(19)6-8-13)18(20)15-10-9-14(21-2)11-17(15)22-3/h5-11,16H,4,19H2,1-3H3. The van der Waals surface area contributed by atoms with Crippen LogP contribution < -0.4 is 19.9 Å². The van der Waals surface area contributed by atoms with E-state index in [1.165, 1.54) is 7.11 Å². The molecule has 0 aromatic heterocycles. The van der Waals surface area contributed by atoms with Crippen LogP contribution in [0.15, 0.2) is 42.5 Å². The van der Waals surface area contributed by atoms with Crippen molar-refractivity contribution in [3.8, 4) is 17.2 Å². The Morgan fingerprint density at radius 1 is 1.04 bits per heavy atom. The normalized spacial score (nSPS) is 11.6. The second kappa shape index (κ2) is 7.54. The molecular weight excluding hydrogens is 294 g/mol. The fourth-order valence-electron chi connectivity index (χ4n) is 2.21. The first-order chi connectivity index (χ1) is 11.1. The molecule has 0 heterocycles. The number of carbonyl (C=O) groups excluding carboxylic acids is 1. The van der Waals surface area contributed by atoms with E-state index in [4.69, 9.17) is 19.9 Å². The van der Waals surface area contributed by atoms with Gasteiger partial charge in [0.05, 0.1) is 19.8 Å².